The number of nitro groups is 1. The second-order valence-electron chi connectivity index (χ2n) is 7.36. The average molecular weight is 488 g/mol. The fourth-order valence-corrected chi connectivity index (χ4v) is 5.44. The molecule has 0 unspecified atom stereocenters. The van der Waals surface area contributed by atoms with Crippen LogP contribution in [-0.4, -0.2) is 50.5 Å². The van der Waals surface area contributed by atoms with Gasteiger partial charge in [0.05, 0.1) is 35.1 Å². The Hall–Kier alpha value is -3.28. The Morgan fingerprint density at radius 1 is 1.09 bits per heavy atom. The summed E-state index contributed by atoms with van der Waals surface area (Å²) in [5.74, 6) is -0.0671. The van der Waals surface area contributed by atoms with Crippen molar-refractivity contribution in [2.45, 2.75) is 11.3 Å². The maximum Gasteiger partial charge on any atom is 0.270 e. The van der Waals surface area contributed by atoms with Gasteiger partial charge in [0, 0.05) is 30.1 Å². The number of carbonyl (C=O) groups is 1. The molecule has 1 aromatic heterocycles. The molecular formula is C22H21N3O6S2. The number of hydrogen-bond acceptors (Lipinski definition) is 7. The molecule has 9 nitrogen and oxygen atoms in total. The average Bonchev–Trinajstić information content (AvgIpc) is 3.25. The molecule has 1 N–H and O–H groups in total. The van der Waals surface area contributed by atoms with E-state index in [1.54, 1.807) is 40.6 Å². The predicted octanol–water partition coefficient (Wildman–Crippen LogP) is 3.53. The molecule has 33 heavy (non-hydrogen) atoms. The van der Waals surface area contributed by atoms with E-state index in [0.29, 0.717) is 48.0 Å². The third kappa shape index (κ3) is 5.38. The van der Waals surface area contributed by atoms with Crippen LogP contribution in [0.15, 0.2) is 64.9 Å². The van der Waals surface area contributed by atoms with Crippen LogP contribution in [0.1, 0.15) is 4.88 Å². The highest BCUT2D eigenvalue weighted by Crippen LogP contribution is 2.28. The molecule has 0 spiro atoms. The second-order valence-corrected chi connectivity index (χ2v) is 10.0. The van der Waals surface area contributed by atoms with Gasteiger partial charge in [-0.3, -0.25) is 19.6 Å². The number of carbonyl (C=O) groups excluding carboxylic acids is 1. The number of benzene rings is 2. The topological polar surface area (TPSA) is 119 Å². The van der Waals surface area contributed by atoms with Gasteiger partial charge in [-0.15, -0.1) is 11.3 Å². The van der Waals surface area contributed by atoms with E-state index >= 15 is 0 Å². The summed E-state index contributed by atoms with van der Waals surface area (Å²) < 4.78 is 33.7. The predicted molar refractivity (Wildman–Crippen MR) is 125 cm³/mol. The Bertz CT molecular complexity index is 1270. The van der Waals surface area contributed by atoms with Crippen LogP contribution in [0.5, 0.6) is 0 Å². The Morgan fingerprint density at radius 2 is 1.82 bits per heavy atom. The summed E-state index contributed by atoms with van der Waals surface area (Å²) in [6.07, 6.45) is 0.112. The summed E-state index contributed by atoms with van der Waals surface area (Å²) in [5.41, 5.74) is 1.61. The van der Waals surface area contributed by atoms with Gasteiger partial charge >= 0.3 is 0 Å². The van der Waals surface area contributed by atoms with E-state index < -0.39 is 14.9 Å². The van der Waals surface area contributed by atoms with Crippen LogP contribution >= 0.6 is 11.3 Å². The number of ether oxygens (including phenoxy) is 1. The maximum atomic E-state index is 12.9. The number of sulfonamides is 1. The molecule has 2 aromatic carbocycles. The van der Waals surface area contributed by atoms with Crippen molar-refractivity contribution < 1.29 is 22.9 Å². The largest absolute Gasteiger partial charge is 0.378 e. The summed E-state index contributed by atoms with van der Waals surface area (Å²) in [6.45, 7) is 2.06. The minimum Gasteiger partial charge on any atom is -0.378 e. The number of amides is 1. The smallest absolute Gasteiger partial charge is 0.270 e. The molecule has 1 fully saturated rings. The van der Waals surface area contributed by atoms with E-state index in [4.69, 9.17) is 4.74 Å². The number of anilines is 1. The molecule has 11 heteroatoms. The molecule has 0 aliphatic carbocycles. The van der Waals surface area contributed by atoms with E-state index in [0.717, 1.165) is 0 Å². The number of non-ortho nitro benzene ring substituents is 1. The van der Waals surface area contributed by atoms with E-state index in [-0.39, 0.29) is 22.9 Å². The van der Waals surface area contributed by atoms with E-state index in [1.165, 1.54) is 35.6 Å². The zero-order chi connectivity index (χ0) is 23.4. The Kier molecular flexibility index (Phi) is 6.72. The van der Waals surface area contributed by atoms with Crippen molar-refractivity contribution in [3.05, 3.63) is 75.0 Å². The minimum atomic E-state index is -3.88. The zero-order valence-corrected chi connectivity index (χ0v) is 19.1. The van der Waals surface area contributed by atoms with Gasteiger partial charge < -0.3 is 9.64 Å². The highest BCUT2D eigenvalue weighted by atomic mass is 32.2. The normalized spacial score (nSPS) is 14.1. The van der Waals surface area contributed by atoms with Crippen molar-refractivity contribution in [2.75, 3.05) is 31.0 Å². The molecule has 3 aromatic rings. The minimum absolute atomic E-state index is 0.0394. The van der Waals surface area contributed by atoms with Crippen molar-refractivity contribution in [1.29, 1.82) is 0 Å². The highest BCUT2D eigenvalue weighted by Gasteiger charge is 2.22. The van der Waals surface area contributed by atoms with E-state index in [9.17, 15) is 23.3 Å². The zero-order valence-electron chi connectivity index (χ0n) is 17.5. The summed E-state index contributed by atoms with van der Waals surface area (Å²) >= 11 is 1.32. The van der Waals surface area contributed by atoms with Gasteiger partial charge in [0.25, 0.3) is 15.7 Å². The Balaban J connectivity index is 1.48. The van der Waals surface area contributed by atoms with E-state index in [1.807, 2.05) is 0 Å². The molecule has 1 amide bonds. The third-order valence-electron chi connectivity index (χ3n) is 5.22. The van der Waals surface area contributed by atoms with Gasteiger partial charge in [-0.25, -0.2) is 8.42 Å². The van der Waals surface area contributed by atoms with E-state index in [2.05, 4.69) is 4.72 Å². The van der Waals surface area contributed by atoms with Gasteiger partial charge in [0.15, 0.2) is 0 Å². The van der Waals surface area contributed by atoms with Crippen LogP contribution < -0.4 is 4.72 Å². The first kappa shape index (κ1) is 22.9. The molecule has 0 saturated carbocycles. The van der Waals surface area contributed by atoms with Gasteiger partial charge in [-0.1, -0.05) is 24.3 Å². The molecule has 1 saturated heterocycles. The lowest BCUT2D eigenvalue weighted by atomic mass is 10.1. The van der Waals surface area contributed by atoms with Crippen molar-refractivity contribution in [2.24, 2.45) is 0 Å². The van der Waals surface area contributed by atoms with Crippen LogP contribution in [-0.2, 0) is 26.0 Å². The summed E-state index contributed by atoms with van der Waals surface area (Å²) in [7, 11) is -3.88. The maximum absolute atomic E-state index is 12.9. The molecule has 0 radical (unpaired) electrons. The number of nitrogens with zero attached hydrogens (tertiary/aromatic N) is 2. The number of nitrogens with one attached hydrogen (secondary N) is 1. The Labute approximate surface area is 194 Å². The van der Waals surface area contributed by atoms with Gasteiger partial charge in [-0.2, -0.15) is 0 Å². The molecule has 1 aliphatic heterocycles. The molecule has 1 aliphatic rings. The first-order valence-corrected chi connectivity index (χ1v) is 12.5. The van der Waals surface area contributed by atoms with Crippen molar-refractivity contribution in [3.63, 3.8) is 0 Å². The fraction of sp³-hybridized carbons (Fsp3) is 0.227. The number of nitro benzene ring substituents is 1. The lowest BCUT2D eigenvalue weighted by Gasteiger charge is -2.26. The lowest BCUT2D eigenvalue weighted by molar-refractivity contribution is -0.384. The third-order valence-corrected chi connectivity index (χ3v) is 7.52. The van der Waals surface area contributed by atoms with Gasteiger partial charge in [-0.05, 0) is 34.7 Å². The number of thiophene rings is 1. The van der Waals surface area contributed by atoms with Gasteiger partial charge in [0.2, 0.25) is 5.91 Å². The number of rotatable bonds is 7. The van der Waals surface area contributed by atoms with Crippen molar-refractivity contribution in [1.82, 2.24) is 4.90 Å². The number of morpholine rings is 1. The Morgan fingerprint density at radius 3 is 2.52 bits per heavy atom. The van der Waals surface area contributed by atoms with Crippen LogP contribution in [0.4, 0.5) is 11.4 Å². The summed E-state index contributed by atoms with van der Waals surface area (Å²) in [5, 5.41) is 12.7. The molecule has 172 valence electrons. The fourth-order valence-electron chi connectivity index (χ4n) is 3.46. The monoisotopic (exact) mass is 487 g/mol. The van der Waals surface area contributed by atoms with Crippen molar-refractivity contribution >= 4 is 38.6 Å². The van der Waals surface area contributed by atoms with Crippen LogP contribution in [0.25, 0.3) is 11.1 Å². The first-order chi connectivity index (χ1) is 15.8. The summed E-state index contributed by atoms with van der Waals surface area (Å²) in [4.78, 5) is 25.5. The quantitative estimate of drug-likeness (QED) is 0.402. The van der Waals surface area contributed by atoms with Crippen LogP contribution in [0.2, 0.25) is 0 Å². The summed E-state index contributed by atoms with van der Waals surface area (Å²) in [6, 6.07) is 13.9. The number of hydrogen-bond donors (Lipinski definition) is 1. The molecule has 4 rings (SSSR count). The van der Waals surface area contributed by atoms with Crippen LogP contribution in [0.3, 0.4) is 0 Å². The standard InChI is InChI=1S/C22H21N3O6S2/c26-22(24-9-11-31-12-10-24)15-21-20(8-13-32-21)23-33(29,30)19-6-4-16(5-7-19)17-2-1-3-18(14-17)25(27)28/h1-8,13-14,23H,9-12,15H2. The van der Waals surface area contributed by atoms with Gasteiger partial charge in [0.1, 0.15) is 0 Å². The highest BCUT2D eigenvalue weighted by molar-refractivity contribution is 7.92. The first-order valence-electron chi connectivity index (χ1n) is 10.1. The SMILES string of the molecule is O=C(Cc1sccc1NS(=O)(=O)c1ccc(-c2cccc([N+](=O)[O-])c2)cc1)N1CCOCC1. The molecular weight excluding hydrogens is 466 g/mol. The van der Waals surface area contributed by atoms with Crippen LogP contribution in [0, 0.1) is 10.1 Å². The molecule has 2 heterocycles. The lowest BCUT2D eigenvalue weighted by Crippen LogP contribution is -2.41. The van der Waals surface area contributed by atoms with Crippen molar-refractivity contribution in [3.8, 4) is 11.1 Å². The molecule has 0 atom stereocenters. The molecule has 0 bridgehead atoms. The second kappa shape index (κ2) is 9.69.